The van der Waals surface area contributed by atoms with Gasteiger partial charge < -0.3 is 5.32 Å². The molecule has 1 heterocycles. The second kappa shape index (κ2) is 3.32. The van der Waals surface area contributed by atoms with E-state index in [1.165, 1.54) is 0 Å². The average Bonchev–Trinajstić information content (AvgIpc) is 2.81. The van der Waals surface area contributed by atoms with Crippen molar-refractivity contribution >= 4 is 32.3 Å². The third-order valence-corrected chi connectivity index (χ3v) is 3.85. The smallest absolute Gasteiger partial charge is 0.0894 e. The maximum atomic E-state index is 8.84. The van der Waals surface area contributed by atoms with Crippen LogP contribution in [0.15, 0.2) is 15.9 Å². The molecule has 0 radical (unpaired) electrons. The van der Waals surface area contributed by atoms with Gasteiger partial charge in [0.1, 0.15) is 0 Å². The Morgan fingerprint density at radius 1 is 1.62 bits per heavy atom. The monoisotopic (exact) mass is 256 g/mol. The number of halogens is 1. The van der Waals surface area contributed by atoms with Crippen molar-refractivity contribution in [2.45, 2.75) is 12.8 Å². The lowest BCUT2D eigenvalue weighted by atomic mass is 10.1. The molecule has 1 aromatic heterocycles. The van der Waals surface area contributed by atoms with Crippen LogP contribution in [0.1, 0.15) is 12.8 Å². The normalized spacial score (nSPS) is 17.8. The second-order valence-electron chi connectivity index (χ2n) is 3.35. The van der Waals surface area contributed by atoms with Crippen LogP contribution in [0.3, 0.4) is 0 Å². The van der Waals surface area contributed by atoms with E-state index in [0.29, 0.717) is 0 Å². The van der Waals surface area contributed by atoms with Crippen LogP contribution in [0.25, 0.3) is 0 Å². The molecule has 2 nitrogen and oxygen atoms in total. The zero-order valence-electron chi connectivity index (χ0n) is 7.01. The highest BCUT2D eigenvalue weighted by Crippen LogP contribution is 2.45. The van der Waals surface area contributed by atoms with Crippen molar-refractivity contribution < 1.29 is 0 Å². The van der Waals surface area contributed by atoms with Gasteiger partial charge in [0, 0.05) is 6.54 Å². The minimum absolute atomic E-state index is 0.0591. The average molecular weight is 257 g/mol. The van der Waals surface area contributed by atoms with Gasteiger partial charge in [0.25, 0.3) is 0 Å². The summed E-state index contributed by atoms with van der Waals surface area (Å²) in [5, 5.41) is 13.3. The molecule has 1 fully saturated rings. The Kier molecular flexibility index (Phi) is 2.31. The van der Waals surface area contributed by atoms with E-state index in [2.05, 4.69) is 27.3 Å². The highest BCUT2D eigenvalue weighted by atomic mass is 79.9. The zero-order valence-corrected chi connectivity index (χ0v) is 9.41. The van der Waals surface area contributed by atoms with Crippen LogP contribution in [0, 0.1) is 16.7 Å². The number of nitrogens with one attached hydrogen (secondary N) is 1. The van der Waals surface area contributed by atoms with Crippen molar-refractivity contribution in [2.75, 3.05) is 11.9 Å². The molecule has 0 unspecified atom stereocenters. The van der Waals surface area contributed by atoms with Crippen LogP contribution in [0.2, 0.25) is 0 Å². The summed E-state index contributed by atoms with van der Waals surface area (Å²) in [6, 6.07) is 6.40. The summed E-state index contributed by atoms with van der Waals surface area (Å²) in [4.78, 5) is 0. The molecule has 0 aliphatic heterocycles. The Morgan fingerprint density at radius 2 is 2.38 bits per heavy atom. The number of rotatable bonds is 3. The molecule has 0 amide bonds. The van der Waals surface area contributed by atoms with Gasteiger partial charge in [-0.3, -0.25) is 0 Å². The van der Waals surface area contributed by atoms with Crippen molar-refractivity contribution in [1.82, 2.24) is 0 Å². The molecule has 1 N–H and O–H groups in total. The van der Waals surface area contributed by atoms with Crippen molar-refractivity contribution in [3.8, 4) is 6.07 Å². The first-order valence-corrected chi connectivity index (χ1v) is 5.76. The van der Waals surface area contributed by atoms with Crippen LogP contribution in [0.5, 0.6) is 0 Å². The lowest BCUT2D eigenvalue weighted by molar-refractivity contribution is 0.712. The summed E-state index contributed by atoms with van der Waals surface area (Å²) < 4.78 is 1.12. The molecule has 68 valence electrons. The SMILES string of the molecule is N#CC1(CNc2ccc(Br)s2)CC1. The van der Waals surface area contributed by atoms with Crippen molar-refractivity contribution in [1.29, 1.82) is 5.26 Å². The number of nitrogens with zero attached hydrogens (tertiary/aromatic N) is 1. The number of hydrogen-bond acceptors (Lipinski definition) is 3. The summed E-state index contributed by atoms with van der Waals surface area (Å²) in [5.41, 5.74) is -0.0591. The molecular formula is C9H9BrN2S. The minimum atomic E-state index is -0.0591. The second-order valence-corrected chi connectivity index (χ2v) is 5.81. The first kappa shape index (κ1) is 9.04. The fraction of sp³-hybridized carbons (Fsp3) is 0.444. The Bertz CT molecular complexity index is 349. The lowest BCUT2D eigenvalue weighted by Gasteiger charge is -2.06. The van der Waals surface area contributed by atoms with E-state index in [1.807, 2.05) is 12.1 Å². The molecule has 13 heavy (non-hydrogen) atoms. The van der Waals surface area contributed by atoms with Gasteiger partial charge >= 0.3 is 0 Å². The largest absolute Gasteiger partial charge is 0.375 e. The Balaban J connectivity index is 1.90. The molecule has 1 saturated carbocycles. The standard InChI is InChI=1S/C9H9BrN2S/c10-7-1-2-8(13-7)12-6-9(5-11)3-4-9/h1-2,12H,3-4,6H2. The first-order valence-electron chi connectivity index (χ1n) is 4.15. The van der Waals surface area contributed by atoms with E-state index in [1.54, 1.807) is 11.3 Å². The Morgan fingerprint density at radius 3 is 2.85 bits per heavy atom. The van der Waals surface area contributed by atoms with Crippen molar-refractivity contribution in [2.24, 2.45) is 5.41 Å². The van der Waals surface area contributed by atoms with Crippen molar-refractivity contribution in [3.05, 3.63) is 15.9 Å². The summed E-state index contributed by atoms with van der Waals surface area (Å²) in [6.07, 6.45) is 2.09. The van der Waals surface area contributed by atoms with Gasteiger partial charge in [-0.15, -0.1) is 11.3 Å². The molecular weight excluding hydrogens is 248 g/mol. The fourth-order valence-corrected chi connectivity index (χ4v) is 2.43. The van der Waals surface area contributed by atoms with Gasteiger partial charge in [-0.05, 0) is 40.9 Å². The number of anilines is 1. The van der Waals surface area contributed by atoms with Gasteiger partial charge in [-0.25, -0.2) is 0 Å². The molecule has 0 saturated heterocycles. The van der Waals surface area contributed by atoms with Crippen molar-refractivity contribution in [3.63, 3.8) is 0 Å². The van der Waals surface area contributed by atoms with E-state index in [0.717, 1.165) is 28.2 Å². The molecule has 0 bridgehead atoms. The predicted molar refractivity (Wildman–Crippen MR) is 57.8 cm³/mol. The predicted octanol–water partition coefficient (Wildman–Crippen LogP) is 3.23. The first-order chi connectivity index (χ1) is 6.24. The van der Waals surface area contributed by atoms with Crippen LogP contribution < -0.4 is 5.32 Å². The highest BCUT2D eigenvalue weighted by Gasteiger charge is 2.42. The van der Waals surface area contributed by atoms with E-state index in [9.17, 15) is 0 Å². The quantitative estimate of drug-likeness (QED) is 0.902. The van der Waals surface area contributed by atoms with Crippen LogP contribution in [0.4, 0.5) is 5.00 Å². The summed E-state index contributed by atoms with van der Waals surface area (Å²) >= 11 is 5.06. The summed E-state index contributed by atoms with van der Waals surface area (Å²) in [7, 11) is 0. The molecule has 1 aromatic rings. The van der Waals surface area contributed by atoms with Crippen LogP contribution >= 0.6 is 27.3 Å². The van der Waals surface area contributed by atoms with E-state index < -0.39 is 0 Å². The highest BCUT2D eigenvalue weighted by molar-refractivity contribution is 9.11. The zero-order chi connectivity index (χ0) is 9.31. The van der Waals surface area contributed by atoms with Gasteiger partial charge in [-0.2, -0.15) is 5.26 Å². The molecule has 0 spiro atoms. The number of hydrogen-bond donors (Lipinski definition) is 1. The summed E-state index contributed by atoms with van der Waals surface area (Å²) in [6.45, 7) is 0.788. The maximum Gasteiger partial charge on any atom is 0.0894 e. The topological polar surface area (TPSA) is 35.8 Å². The third-order valence-electron chi connectivity index (χ3n) is 2.26. The van der Waals surface area contributed by atoms with Crippen LogP contribution in [-0.2, 0) is 0 Å². The third kappa shape index (κ3) is 2.04. The van der Waals surface area contributed by atoms with E-state index >= 15 is 0 Å². The Hall–Kier alpha value is -0.530. The Labute approximate surface area is 89.7 Å². The molecule has 4 heteroatoms. The number of thiophene rings is 1. The van der Waals surface area contributed by atoms with Gasteiger partial charge in [-0.1, -0.05) is 0 Å². The molecule has 0 aromatic carbocycles. The molecule has 2 rings (SSSR count). The molecule has 1 aliphatic carbocycles. The van der Waals surface area contributed by atoms with Gasteiger partial charge in [0.2, 0.25) is 0 Å². The summed E-state index contributed by atoms with van der Waals surface area (Å²) in [5.74, 6) is 0. The van der Waals surface area contributed by atoms with Crippen LogP contribution in [-0.4, -0.2) is 6.54 Å². The lowest BCUT2D eigenvalue weighted by Crippen LogP contribution is -2.12. The minimum Gasteiger partial charge on any atom is -0.375 e. The fourth-order valence-electron chi connectivity index (χ4n) is 1.14. The van der Waals surface area contributed by atoms with Gasteiger partial charge in [0.05, 0.1) is 20.3 Å². The molecule has 1 aliphatic rings. The maximum absolute atomic E-state index is 8.84. The molecule has 0 atom stereocenters. The van der Waals surface area contributed by atoms with E-state index in [-0.39, 0.29) is 5.41 Å². The van der Waals surface area contributed by atoms with E-state index in [4.69, 9.17) is 5.26 Å². The number of nitriles is 1. The van der Waals surface area contributed by atoms with Gasteiger partial charge in [0.15, 0.2) is 0 Å².